The number of carbonyl (C=O) groups is 3. The maximum absolute atomic E-state index is 12.5. The predicted molar refractivity (Wildman–Crippen MR) is 95.6 cm³/mol. The highest BCUT2D eigenvalue weighted by atomic mass is 16.2. The normalized spacial score (nSPS) is 22.9. The van der Waals surface area contributed by atoms with Crippen molar-refractivity contribution < 1.29 is 14.4 Å². The summed E-state index contributed by atoms with van der Waals surface area (Å²) in [6, 6.07) is 5.03. The van der Waals surface area contributed by atoms with Gasteiger partial charge in [0.2, 0.25) is 0 Å². The number of hydrogen-bond acceptors (Lipinski definition) is 3. The number of amides is 3. The van der Waals surface area contributed by atoms with Crippen molar-refractivity contribution in [1.82, 2.24) is 10.2 Å². The average molecular weight is 342 g/mol. The Morgan fingerprint density at radius 3 is 2.48 bits per heavy atom. The molecule has 1 aliphatic heterocycles. The molecule has 1 saturated carbocycles. The minimum Gasteiger partial charge on any atom is -0.349 e. The second-order valence-electron chi connectivity index (χ2n) is 7.31. The van der Waals surface area contributed by atoms with Crippen LogP contribution >= 0.6 is 0 Å². The number of carbonyl (C=O) groups excluding carboxylic acids is 3. The molecule has 2 aliphatic rings. The first-order chi connectivity index (χ1) is 12.0. The number of imide groups is 1. The highest BCUT2D eigenvalue weighted by Crippen LogP contribution is 2.26. The summed E-state index contributed by atoms with van der Waals surface area (Å²) in [6.45, 7) is 4.70. The van der Waals surface area contributed by atoms with Crippen molar-refractivity contribution in [2.75, 3.05) is 6.54 Å². The van der Waals surface area contributed by atoms with Crippen LogP contribution in [0.25, 0.3) is 0 Å². The quantitative estimate of drug-likeness (QED) is 0.834. The van der Waals surface area contributed by atoms with Crippen molar-refractivity contribution in [3.8, 4) is 0 Å². The molecule has 1 fully saturated rings. The Bertz CT molecular complexity index is 690. The van der Waals surface area contributed by atoms with Crippen molar-refractivity contribution in [3.05, 3.63) is 34.9 Å². The Labute approximate surface area is 148 Å². The van der Waals surface area contributed by atoms with Gasteiger partial charge in [0, 0.05) is 18.2 Å². The smallest absolute Gasteiger partial charge is 0.261 e. The molecule has 1 aromatic carbocycles. The Hall–Kier alpha value is -2.17. The van der Waals surface area contributed by atoms with Gasteiger partial charge in [-0.05, 0) is 56.2 Å². The van der Waals surface area contributed by atoms with Crippen molar-refractivity contribution in [3.63, 3.8) is 0 Å². The van der Waals surface area contributed by atoms with Crippen molar-refractivity contribution in [2.24, 2.45) is 5.92 Å². The van der Waals surface area contributed by atoms with Gasteiger partial charge < -0.3 is 5.32 Å². The van der Waals surface area contributed by atoms with E-state index < -0.39 is 0 Å². The van der Waals surface area contributed by atoms with E-state index in [1.807, 2.05) is 6.92 Å². The van der Waals surface area contributed by atoms with E-state index in [-0.39, 0.29) is 23.8 Å². The highest BCUT2D eigenvalue weighted by Gasteiger charge is 2.35. The van der Waals surface area contributed by atoms with Crippen LogP contribution in [0.3, 0.4) is 0 Å². The Kier molecular flexibility index (Phi) is 5.21. The van der Waals surface area contributed by atoms with Crippen LogP contribution in [0.2, 0.25) is 0 Å². The summed E-state index contributed by atoms with van der Waals surface area (Å²) < 4.78 is 0. The lowest BCUT2D eigenvalue weighted by Gasteiger charge is -2.26. The molecular weight excluding hydrogens is 316 g/mol. The zero-order valence-electron chi connectivity index (χ0n) is 15.0. The van der Waals surface area contributed by atoms with Crippen molar-refractivity contribution in [1.29, 1.82) is 0 Å². The molecule has 1 N–H and O–H groups in total. The van der Waals surface area contributed by atoms with Gasteiger partial charge in [0.1, 0.15) is 0 Å². The molecule has 1 aromatic rings. The van der Waals surface area contributed by atoms with Crippen LogP contribution in [-0.4, -0.2) is 35.2 Å². The zero-order valence-corrected chi connectivity index (χ0v) is 15.0. The summed E-state index contributed by atoms with van der Waals surface area (Å²) in [5.41, 5.74) is 1.21. The van der Waals surface area contributed by atoms with Crippen LogP contribution < -0.4 is 5.32 Å². The summed E-state index contributed by atoms with van der Waals surface area (Å²) in [5, 5.41) is 3.07. The monoisotopic (exact) mass is 342 g/mol. The van der Waals surface area contributed by atoms with E-state index in [2.05, 4.69) is 12.2 Å². The van der Waals surface area contributed by atoms with Crippen LogP contribution in [0, 0.1) is 5.92 Å². The first kappa shape index (κ1) is 17.6. The minimum absolute atomic E-state index is 0.158. The van der Waals surface area contributed by atoms with Gasteiger partial charge in [0.05, 0.1) is 11.1 Å². The highest BCUT2D eigenvalue weighted by molar-refractivity contribution is 6.22. The van der Waals surface area contributed by atoms with E-state index in [0.717, 1.165) is 44.4 Å². The minimum atomic E-state index is -0.283. The lowest BCUT2D eigenvalue weighted by molar-refractivity contribution is 0.0652. The van der Waals surface area contributed by atoms with E-state index >= 15 is 0 Å². The fraction of sp³-hybridized carbons (Fsp3) is 0.550. The number of rotatable bonds is 5. The van der Waals surface area contributed by atoms with E-state index in [9.17, 15) is 14.4 Å². The van der Waals surface area contributed by atoms with Crippen LogP contribution in [0.15, 0.2) is 18.2 Å². The third kappa shape index (κ3) is 3.60. The van der Waals surface area contributed by atoms with E-state index in [1.54, 1.807) is 18.2 Å². The summed E-state index contributed by atoms with van der Waals surface area (Å²) in [7, 11) is 0. The second-order valence-corrected chi connectivity index (χ2v) is 7.31. The summed E-state index contributed by atoms with van der Waals surface area (Å²) >= 11 is 0. The molecule has 5 nitrogen and oxygen atoms in total. The summed E-state index contributed by atoms with van der Waals surface area (Å²) in [6.07, 6.45) is 5.98. The average Bonchev–Trinajstić information content (AvgIpc) is 2.85. The van der Waals surface area contributed by atoms with E-state index in [1.165, 1.54) is 4.90 Å². The third-order valence-corrected chi connectivity index (χ3v) is 5.32. The maximum Gasteiger partial charge on any atom is 0.261 e. The number of benzene rings is 1. The Morgan fingerprint density at radius 1 is 1.12 bits per heavy atom. The molecule has 0 saturated heterocycles. The molecule has 0 unspecified atom stereocenters. The largest absolute Gasteiger partial charge is 0.349 e. The molecule has 0 bridgehead atoms. The summed E-state index contributed by atoms with van der Waals surface area (Å²) in [4.78, 5) is 38.6. The van der Waals surface area contributed by atoms with Gasteiger partial charge in [0.25, 0.3) is 17.7 Å². The second kappa shape index (κ2) is 7.38. The van der Waals surface area contributed by atoms with Gasteiger partial charge in [0.15, 0.2) is 0 Å². The molecule has 25 heavy (non-hydrogen) atoms. The number of unbranched alkanes of at least 4 members (excludes halogenated alkanes) is 1. The molecule has 0 spiro atoms. The number of nitrogens with one attached hydrogen (secondary N) is 1. The van der Waals surface area contributed by atoms with Gasteiger partial charge in [-0.1, -0.05) is 20.3 Å². The fourth-order valence-electron chi connectivity index (χ4n) is 3.62. The summed E-state index contributed by atoms with van der Waals surface area (Å²) in [5.74, 6) is 0.0387. The Morgan fingerprint density at radius 2 is 1.80 bits per heavy atom. The topological polar surface area (TPSA) is 66.5 Å². The third-order valence-electron chi connectivity index (χ3n) is 5.32. The maximum atomic E-state index is 12.5. The molecule has 0 radical (unpaired) electrons. The van der Waals surface area contributed by atoms with E-state index in [4.69, 9.17) is 0 Å². The molecule has 3 amide bonds. The standard InChI is InChI=1S/C20H26N2O3/c1-3-4-11-22-19(24)16-10-7-14(12-17(16)20(22)25)18(23)21-15-8-5-13(2)6-9-15/h7,10,12-13,15H,3-6,8-9,11H2,1-2H3,(H,21,23). The molecule has 134 valence electrons. The lowest BCUT2D eigenvalue weighted by Crippen LogP contribution is -2.37. The predicted octanol–water partition coefficient (Wildman–Crippen LogP) is 3.39. The molecule has 1 heterocycles. The molecular formula is C20H26N2O3. The van der Waals surface area contributed by atoms with Crippen molar-refractivity contribution >= 4 is 17.7 Å². The van der Waals surface area contributed by atoms with Crippen LogP contribution in [-0.2, 0) is 0 Å². The van der Waals surface area contributed by atoms with Crippen LogP contribution in [0.1, 0.15) is 83.4 Å². The molecule has 0 aromatic heterocycles. The molecule has 5 heteroatoms. The van der Waals surface area contributed by atoms with Crippen molar-refractivity contribution in [2.45, 2.75) is 58.4 Å². The SMILES string of the molecule is CCCCN1C(=O)c2ccc(C(=O)NC3CCC(C)CC3)cc2C1=O. The van der Waals surface area contributed by atoms with Crippen LogP contribution in [0.4, 0.5) is 0 Å². The Balaban J connectivity index is 1.72. The van der Waals surface area contributed by atoms with Gasteiger partial charge in [-0.25, -0.2) is 0 Å². The zero-order chi connectivity index (χ0) is 18.0. The number of hydrogen-bond donors (Lipinski definition) is 1. The van der Waals surface area contributed by atoms with Gasteiger partial charge in [-0.3, -0.25) is 19.3 Å². The van der Waals surface area contributed by atoms with E-state index in [0.29, 0.717) is 23.2 Å². The fourth-order valence-corrected chi connectivity index (χ4v) is 3.62. The first-order valence-electron chi connectivity index (χ1n) is 9.32. The van der Waals surface area contributed by atoms with Gasteiger partial charge in [-0.2, -0.15) is 0 Å². The number of nitrogens with zero attached hydrogens (tertiary/aromatic N) is 1. The van der Waals surface area contributed by atoms with Gasteiger partial charge in [-0.15, -0.1) is 0 Å². The molecule has 3 rings (SSSR count). The first-order valence-corrected chi connectivity index (χ1v) is 9.32. The number of fused-ring (bicyclic) bond motifs is 1. The lowest BCUT2D eigenvalue weighted by atomic mass is 9.87. The molecule has 0 atom stereocenters. The van der Waals surface area contributed by atoms with Crippen LogP contribution in [0.5, 0.6) is 0 Å². The molecule has 1 aliphatic carbocycles. The van der Waals surface area contributed by atoms with Gasteiger partial charge >= 0.3 is 0 Å².